The van der Waals surface area contributed by atoms with Crippen molar-refractivity contribution in [3.05, 3.63) is 34.9 Å². The third kappa shape index (κ3) is 5.38. The van der Waals surface area contributed by atoms with Crippen molar-refractivity contribution < 1.29 is 19.8 Å². The van der Waals surface area contributed by atoms with Gasteiger partial charge in [-0.15, -0.1) is 0 Å². The molecule has 0 fully saturated rings. The van der Waals surface area contributed by atoms with Crippen molar-refractivity contribution in [1.82, 2.24) is 0 Å². The smallest absolute Gasteiger partial charge is 0.310 e. The summed E-state index contributed by atoms with van der Waals surface area (Å²) < 4.78 is 0. The summed E-state index contributed by atoms with van der Waals surface area (Å²) in [6, 6.07) is 5.52. The minimum Gasteiger partial charge on any atom is -0.481 e. The zero-order valence-corrected chi connectivity index (χ0v) is 14.3. The van der Waals surface area contributed by atoms with E-state index in [1.165, 1.54) is 19.3 Å². The molecule has 4 nitrogen and oxygen atoms in total. The van der Waals surface area contributed by atoms with E-state index < -0.39 is 23.8 Å². The lowest BCUT2D eigenvalue weighted by Gasteiger charge is -2.20. The molecule has 0 aliphatic rings. The number of hydrogen-bond donors (Lipinski definition) is 2. The maximum Gasteiger partial charge on any atom is 0.310 e. The van der Waals surface area contributed by atoms with Gasteiger partial charge in [0.2, 0.25) is 0 Å². The molecule has 2 atom stereocenters. The van der Waals surface area contributed by atoms with Crippen LogP contribution in [0.3, 0.4) is 0 Å². The van der Waals surface area contributed by atoms with E-state index in [0.29, 0.717) is 11.1 Å². The monoisotopic (exact) mass is 320 g/mol. The Morgan fingerprint density at radius 1 is 0.957 bits per heavy atom. The molecular formula is C19H28O4. The zero-order valence-electron chi connectivity index (χ0n) is 14.3. The van der Waals surface area contributed by atoms with Crippen LogP contribution in [0.4, 0.5) is 0 Å². The molecule has 23 heavy (non-hydrogen) atoms. The predicted octanol–water partition coefficient (Wildman–Crippen LogP) is 4.58. The van der Waals surface area contributed by atoms with Crippen LogP contribution in [0.2, 0.25) is 0 Å². The zero-order chi connectivity index (χ0) is 17.4. The quantitative estimate of drug-likeness (QED) is 0.619. The van der Waals surface area contributed by atoms with Crippen molar-refractivity contribution in [2.75, 3.05) is 0 Å². The molecule has 0 bridgehead atoms. The SMILES string of the molecule is CCCCCCCc1cccc(C(C)C(=O)O)c1C(C)C(=O)O. The van der Waals surface area contributed by atoms with Gasteiger partial charge in [0.1, 0.15) is 0 Å². The van der Waals surface area contributed by atoms with Crippen molar-refractivity contribution in [1.29, 1.82) is 0 Å². The van der Waals surface area contributed by atoms with E-state index in [0.717, 1.165) is 24.8 Å². The van der Waals surface area contributed by atoms with Crippen molar-refractivity contribution in [2.24, 2.45) is 0 Å². The van der Waals surface area contributed by atoms with Gasteiger partial charge in [0.15, 0.2) is 0 Å². The first-order chi connectivity index (χ1) is 10.9. The van der Waals surface area contributed by atoms with Gasteiger partial charge in [-0.3, -0.25) is 9.59 Å². The number of carboxylic acid groups (broad SMARTS) is 2. The second-order valence-corrected chi connectivity index (χ2v) is 6.20. The van der Waals surface area contributed by atoms with E-state index in [9.17, 15) is 19.8 Å². The van der Waals surface area contributed by atoms with Gasteiger partial charge in [-0.05, 0) is 43.4 Å². The Hall–Kier alpha value is -1.84. The number of benzene rings is 1. The Kier molecular flexibility index (Phi) is 7.79. The standard InChI is InChI=1S/C19H28O4/c1-4-5-6-7-8-10-15-11-9-12-16(13(2)18(20)21)17(15)14(3)19(22)23/h9,11-14H,4-8,10H2,1-3H3,(H,20,21)(H,22,23). The highest BCUT2D eigenvalue weighted by Gasteiger charge is 2.25. The van der Waals surface area contributed by atoms with Crippen LogP contribution >= 0.6 is 0 Å². The minimum atomic E-state index is -0.927. The molecule has 0 amide bonds. The molecule has 4 heteroatoms. The molecule has 128 valence electrons. The average Bonchev–Trinajstić information content (AvgIpc) is 2.52. The number of unbranched alkanes of at least 4 members (excludes halogenated alkanes) is 4. The van der Waals surface area contributed by atoms with Crippen molar-refractivity contribution >= 4 is 11.9 Å². The first kappa shape index (κ1) is 19.2. The number of carbonyl (C=O) groups is 2. The van der Waals surface area contributed by atoms with Crippen LogP contribution in [0.5, 0.6) is 0 Å². The van der Waals surface area contributed by atoms with E-state index >= 15 is 0 Å². The molecule has 1 aromatic carbocycles. The summed E-state index contributed by atoms with van der Waals surface area (Å²) in [5, 5.41) is 18.7. The Labute approximate surface area is 138 Å². The molecule has 1 aromatic rings. The summed E-state index contributed by atoms with van der Waals surface area (Å²) in [4.78, 5) is 22.8. The topological polar surface area (TPSA) is 74.6 Å². The first-order valence-electron chi connectivity index (χ1n) is 8.47. The molecule has 0 heterocycles. The van der Waals surface area contributed by atoms with E-state index in [4.69, 9.17) is 0 Å². The maximum absolute atomic E-state index is 11.5. The highest BCUT2D eigenvalue weighted by Crippen LogP contribution is 2.31. The van der Waals surface area contributed by atoms with Crippen LogP contribution in [-0.4, -0.2) is 22.2 Å². The second-order valence-electron chi connectivity index (χ2n) is 6.20. The van der Waals surface area contributed by atoms with Crippen molar-refractivity contribution in [3.63, 3.8) is 0 Å². The average molecular weight is 320 g/mol. The molecule has 2 N–H and O–H groups in total. The number of hydrogen-bond acceptors (Lipinski definition) is 2. The van der Waals surface area contributed by atoms with Crippen molar-refractivity contribution in [2.45, 2.75) is 71.1 Å². The fourth-order valence-corrected chi connectivity index (χ4v) is 2.93. The predicted molar refractivity (Wildman–Crippen MR) is 91.0 cm³/mol. The van der Waals surface area contributed by atoms with Crippen molar-refractivity contribution in [3.8, 4) is 0 Å². The van der Waals surface area contributed by atoms with Gasteiger partial charge in [0, 0.05) is 0 Å². The molecule has 0 saturated carbocycles. The normalized spacial score (nSPS) is 13.5. The minimum absolute atomic E-state index is 0.624. The van der Waals surface area contributed by atoms with Crippen LogP contribution < -0.4 is 0 Å². The summed E-state index contributed by atoms with van der Waals surface area (Å²) in [5.41, 5.74) is 2.28. The Morgan fingerprint density at radius 3 is 2.13 bits per heavy atom. The van der Waals surface area contributed by atoms with E-state index in [2.05, 4.69) is 6.92 Å². The van der Waals surface area contributed by atoms with Gasteiger partial charge in [0.25, 0.3) is 0 Å². The van der Waals surface area contributed by atoms with Gasteiger partial charge >= 0.3 is 11.9 Å². The highest BCUT2D eigenvalue weighted by atomic mass is 16.4. The number of aliphatic carboxylic acids is 2. The molecule has 0 aliphatic carbocycles. The summed E-state index contributed by atoms with van der Waals surface area (Å²) >= 11 is 0. The van der Waals surface area contributed by atoms with Crippen LogP contribution in [-0.2, 0) is 16.0 Å². The molecule has 1 rings (SSSR count). The highest BCUT2D eigenvalue weighted by molar-refractivity contribution is 5.80. The third-order valence-electron chi connectivity index (χ3n) is 4.42. The van der Waals surface area contributed by atoms with Gasteiger partial charge in [-0.1, -0.05) is 50.8 Å². The molecular weight excluding hydrogens is 292 g/mol. The summed E-state index contributed by atoms with van der Waals surface area (Å²) in [5.74, 6) is -3.24. The first-order valence-corrected chi connectivity index (χ1v) is 8.47. The number of aryl methyl sites for hydroxylation is 1. The maximum atomic E-state index is 11.5. The Bertz CT molecular complexity index is 536. The van der Waals surface area contributed by atoms with Crippen LogP contribution in [0, 0.1) is 0 Å². The fraction of sp³-hybridized carbons (Fsp3) is 0.579. The van der Waals surface area contributed by atoms with Crippen LogP contribution in [0.1, 0.15) is 81.4 Å². The number of rotatable bonds is 10. The Morgan fingerprint density at radius 2 is 1.57 bits per heavy atom. The summed E-state index contributed by atoms with van der Waals surface area (Å²) in [6.45, 7) is 5.42. The number of carboxylic acids is 2. The van der Waals surface area contributed by atoms with Gasteiger partial charge in [-0.25, -0.2) is 0 Å². The van der Waals surface area contributed by atoms with E-state index in [-0.39, 0.29) is 0 Å². The molecule has 0 spiro atoms. The summed E-state index contributed by atoms with van der Waals surface area (Å²) in [6.07, 6.45) is 6.52. The molecule has 0 saturated heterocycles. The second kappa shape index (κ2) is 9.33. The largest absolute Gasteiger partial charge is 0.481 e. The lowest BCUT2D eigenvalue weighted by molar-refractivity contribution is -0.140. The van der Waals surface area contributed by atoms with Gasteiger partial charge in [-0.2, -0.15) is 0 Å². The summed E-state index contributed by atoms with van der Waals surface area (Å²) in [7, 11) is 0. The lowest BCUT2D eigenvalue weighted by atomic mass is 9.84. The molecule has 2 unspecified atom stereocenters. The molecule has 0 radical (unpaired) electrons. The van der Waals surface area contributed by atoms with Gasteiger partial charge in [0.05, 0.1) is 11.8 Å². The van der Waals surface area contributed by atoms with Gasteiger partial charge < -0.3 is 10.2 Å². The van der Waals surface area contributed by atoms with E-state index in [1.807, 2.05) is 12.1 Å². The third-order valence-corrected chi connectivity index (χ3v) is 4.42. The fourth-order valence-electron chi connectivity index (χ4n) is 2.93. The van der Waals surface area contributed by atoms with Crippen LogP contribution in [0.25, 0.3) is 0 Å². The van der Waals surface area contributed by atoms with Crippen LogP contribution in [0.15, 0.2) is 18.2 Å². The Balaban J connectivity index is 3.06. The lowest BCUT2D eigenvalue weighted by Crippen LogP contribution is -2.17. The molecule has 0 aromatic heterocycles. The molecule has 0 aliphatic heterocycles. The van der Waals surface area contributed by atoms with E-state index in [1.54, 1.807) is 19.9 Å².